The summed E-state index contributed by atoms with van der Waals surface area (Å²) < 4.78 is 22.4. The van der Waals surface area contributed by atoms with Gasteiger partial charge in [0.25, 0.3) is 11.7 Å². The van der Waals surface area contributed by atoms with E-state index in [0.29, 0.717) is 41.6 Å². The lowest BCUT2D eigenvalue weighted by Gasteiger charge is -2.28. The van der Waals surface area contributed by atoms with Gasteiger partial charge in [-0.2, -0.15) is 0 Å². The maximum Gasteiger partial charge on any atom is 0.295 e. The molecule has 2 saturated heterocycles. The Kier molecular flexibility index (Phi) is 8.15. The first kappa shape index (κ1) is 25.6. The van der Waals surface area contributed by atoms with Gasteiger partial charge in [-0.1, -0.05) is 19.4 Å². The standard InChI is InChI=1S/C28H33NO7/c1-4-5-14-36-22-13-10-19(16-23(22)34-3)25-24(26(30)18-8-11-20(33-2)12-9-18)27(31)28(32)29(25)17-21-7-6-15-35-21/h8-13,16,21,25,30H,4-7,14-15,17H2,1-3H3. The van der Waals surface area contributed by atoms with Gasteiger partial charge in [0.15, 0.2) is 11.5 Å². The van der Waals surface area contributed by atoms with E-state index in [4.69, 9.17) is 18.9 Å². The number of aliphatic hydroxyl groups is 1. The number of ketones is 1. The maximum atomic E-state index is 13.3. The molecule has 2 aromatic rings. The second-order valence-corrected chi connectivity index (χ2v) is 8.93. The van der Waals surface area contributed by atoms with Crippen molar-refractivity contribution in [2.45, 2.75) is 44.8 Å². The molecule has 4 rings (SSSR count). The Morgan fingerprint density at radius 2 is 1.86 bits per heavy atom. The summed E-state index contributed by atoms with van der Waals surface area (Å²) in [5.74, 6) is 0.0708. The average Bonchev–Trinajstić information content (AvgIpc) is 3.51. The molecular formula is C28H33NO7. The number of carbonyl (C=O) groups excluding carboxylic acids is 2. The van der Waals surface area contributed by atoms with Crippen molar-refractivity contribution < 1.29 is 33.6 Å². The molecule has 2 aromatic carbocycles. The van der Waals surface area contributed by atoms with Crippen molar-refractivity contribution in [3.63, 3.8) is 0 Å². The lowest BCUT2D eigenvalue weighted by Crippen LogP contribution is -2.36. The summed E-state index contributed by atoms with van der Waals surface area (Å²) in [7, 11) is 3.10. The van der Waals surface area contributed by atoms with Gasteiger partial charge < -0.3 is 29.0 Å². The number of Topliss-reactive ketones (excluding diaryl/α,β-unsaturated/α-hetero) is 1. The first-order valence-corrected chi connectivity index (χ1v) is 12.3. The highest BCUT2D eigenvalue weighted by Gasteiger charge is 2.47. The first-order valence-electron chi connectivity index (χ1n) is 12.3. The topological polar surface area (TPSA) is 94.5 Å². The molecule has 8 nitrogen and oxygen atoms in total. The Morgan fingerprint density at radius 1 is 1.08 bits per heavy atom. The van der Waals surface area contributed by atoms with E-state index in [9.17, 15) is 14.7 Å². The van der Waals surface area contributed by atoms with Crippen LogP contribution in [0.1, 0.15) is 49.8 Å². The molecule has 2 aliphatic rings. The number of amides is 1. The summed E-state index contributed by atoms with van der Waals surface area (Å²) in [6, 6.07) is 11.3. The van der Waals surface area contributed by atoms with Gasteiger partial charge in [0.2, 0.25) is 0 Å². The van der Waals surface area contributed by atoms with Gasteiger partial charge in [-0.05, 0) is 61.2 Å². The van der Waals surface area contributed by atoms with Crippen LogP contribution in [-0.4, -0.2) is 61.8 Å². The fourth-order valence-electron chi connectivity index (χ4n) is 4.63. The number of carbonyl (C=O) groups is 2. The molecule has 2 aliphatic heterocycles. The minimum absolute atomic E-state index is 0.0323. The van der Waals surface area contributed by atoms with E-state index in [0.717, 1.165) is 25.7 Å². The molecule has 0 spiro atoms. The molecular weight excluding hydrogens is 462 g/mol. The molecule has 2 heterocycles. The number of benzene rings is 2. The van der Waals surface area contributed by atoms with Gasteiger partial charge in [0.05, 0.1) is 38.5 Å². The quantitative estimate of drug-likeness (QED) is 0.225. The molecule has 0 saturated carbocycles. The highest BCUT2D eigenvalue weighted by atomic mass is 16.5. The summed E-state index contributed by atoms with van der Waals surface area (Å²) >= 11 is 0. The highest BCUT2D eigenvalue weighted by molar-refractivity contribution is 6.46. The second kappa shape index (κ2) is 11.5. The van der Waals surface area contributed by atoms with Crippen LogP contribution >= 0.6 is 0 Å². The number of rotatable bonds is 10. The summed E-state index contributed by atoms with van der Waals surface area (Å²) in [5.41, 5.74) is 1.09. The number of aliphatic hydroxyl groups excluding tert-OH is 1. The number of ether oxygens (including phenoxy) is 4. The normalized spacial score (nSPS) is 21.1. The fourth-order valence-corrected chi connectivity index (χ4v) is 4.63. The first-order chi connectivity index (χ1) is 17.5. The van der Waals surface area contributed by atoms with Crippen LogP contribution in [0, 0.1) is 0 Å². The minimum atomic E-state index is -0.796. The number of unbranched alkanes of at least 4 members (excludes halogenated alkanes) is 1. The smallest absolute Gasteiger partial charge is 0.295 e. The SMILES string of the molecule is CCCCOc1ccc(C2C(=C(O)c3ccc(OC)cc3)C(=O)C(=O)N2CC2CCCO2)cc1OC. The number of hydrogen-bond donors (Lipinski definition) is 1. The van der Waals surface area contributed by atoms with Crippen LogP contribution in [-0.2, 0) is 14.3 Å². The van der Waals surface area contributed by atoms with Gasteiger partial charge >= 0.3 is 0 Å². The molecule has 2 unspecified atom stereocenters. The summed E-state index contributed by atoms with van der Waals surface area (Å²) in [5, 5.41) is 11.3. The molecule has 192 valence electrons. The van der Waals surface area contributed by atoms with Crippen LogP contribution in [0.3, 0.4) is 0 Å². The zero-order chi connectivity index (χ0) is 25.7. The lowest BCUT2D eigenvalue weighted by atomic mass is 9.94. The predicted molar refractivity (Wildman–Crippen MR) is 134 cm³/mol. The van der Waals surface area contributed by atoms with Crippen LogP contribution in [0.25, 0.3) is 5.76 Å². The third-order valence-corrected chi connectivity index (χ3v) is 6.59. The number of methoxy groups -OCH3 is 2. The van der Waals surface area contributed by atoms with E-state index in [1.165, 1.54) is 4.90 Å². The Bertz CT molecular complexity index is 1120. The lowest BCUT2D eigenvalue weighted by molar-refractivity contribution is -0.140. The number of likely N-dealkylation sites (tertiary alicyclic amines) is 1. The van der Waals surface area contributed by atoms with E-state index < -0.39 is 17.7 Å². The largest absolute Gasteiger partial charge is 0.507 e. The zero-order valence-electron chi connectivity index (χ0n) is 21.0. The Morgan fingerprint density at radius 3 is 2.50 bits per heavy atom. The molecule has 36 heavy (non-hydrogen) atoms. The van der Waals surface area contributed by atoms with Crippen molar-refractivity contribution in [2.75, 3.05) is 34.0 Å². The van der Waals surface area contributed by atoms with Gasteiger partial charge in [-0.25, -0.2) is 0 Å². The van der Waals surface area contributed by atoms with Crippen molar-refractivity contribution in [3.05, 3.63) is 59.2 Å². The van der Waals surface area contributed by atoms with E-state index in [-0.39, 0.29) is 24.0 Å². The second-order valence-electron chi connectivity index (χ2n) is 8.93. The average molecular weight is 496 g/mol. The third kappa shape index (κ3) is 5.18. The molecule has 2 fully saturated rings. The van der Waals surface area contributed by atoms with Crippen LogP contribution < -0.4 is 14.2 Å². The van der Waals surface area contributed by atoms with Gasteiger partial charge in [-0.3, -0.25) is 9.59 Å². The predicted octanol–water partition coefficient (Wildman–Crippen LogP) is 4.48. The van der Waals surface area contributed by atoms with Crippen LogP contribution in [0.5, 0.6) is 17.2 Å². The van der Waals surface area contributed by atoms with E-state index >= 15 is 0 Å². The van der Waals surface area contributed by atoms with Crippen molar-refractivity contribution in [2.24, 2.45) is 0 Å². The molecule has 1 amide bonds. The molecule has 0 radical (unpaired) electrons. The Hall–Kier alpha value is -3.52. The maximum absolute atomic E-state index is 13.3. The molecule has 8 heteroatoms. The van der Waals surface area contributed by atoms with Crippen molar-refractivity contribution in [1.29, 1.82) is 0 Å². The Balaban J connectivity index is 1.78. The van der Waals surface area contributed by atoms with Crippen LogP contribution in [0.2, 0.25) is 0 Å². The molecule has 0 aromatic heterocycles. The van der Waals surface area contributed by atoms with Crippen molar-refractivity contribution in [3.8, 4) is 17.2 Å². The molecule has 0 aliphatic carbocycles. The van der Waals surface area contributed by atoms with Crippen LogP contribution in [0.15, 0.2) is 48.0 Å². The summed E-state index contributed by atoms with van der Waals surface area (Å²) in [4.78, 5) is 28.0. The Labute approximate surface area is 211 Å². The monoisotopic (exact) mass is 495 g/mol. The molecule has 0 bridgehead atoms. The minimum Gasteiger partial charge on any atom is -0.507 e. The van der Waals surface area contributed by atoms with Gasteiger partial charge in [0, 0.05) is 18.7 Å². The summed E-state index contributed by atoms with van der Waals surface area (Å²) in [6.45, 7) is 3.53. The van der Waals surface area contributed by atoms with Crippen molar-refractivity contribution >= 4 is 17.4 Å². The summed E-state index contributed by atoms with van der Waals surface area (Å²) in [6.07, 6.45) is 3.47. The van der Waals surface area contributed by atoms with E-state index in [1.54, 1.807) is 50.6 Å². The molecule has 1 N–H and O–H groups in total. The van der Waals surface area contributed by atoms with E-state index in [1.807, 2.05) is 6.07 Å². The van der Waals surface area contributed by atoms with Gasteiger partial charge in [0.1, 0.15) is 11.5 Å². The van der Waals surface area contributed by atoms with Crippen LogP contribution in [0.4, 0.5) is 0 Å². The zero-order valence-corrected chi connectivity index (χ0v) is 21.0. The number of hydrogen-bond acceptors (Lipinski definition) is 7. The fraction of sp³-hybridized carbons (Fsp3) is 0.429. The van der Waals surface area contributed by atoms with Crippen molar-refractivity contribution in [1.82, 2.24) is 4.90 Å². The van der Waals surface area contributed by atoms with Gasteiger partial charge in [-0.15, -0.1) is 0 Å². The third-order valence-electron chi connectivity index (χ3n) is 6.59. The number of nitrogens with zero attached hydrogens (tertiary/aromatic N) is 1. The highest BCUT2D eigenvalue weighted by Crippen LogP contribution is 2.42. The van der Waals surface area contributed by atoms with E-state index in [2.05, 4.69) is 6.92 Å². The molecule has 2 atom stereocenters.